The van der Waals surface area contributed by atoms with Crippen LogP contribution in [0.1, 0.15) is 24.5 Å². The van der Waals surface area contributed by atoms with E-state index in [1.54, 1.807) is 0 Å². The number of hydrogen-bond donors (Lipinski definition) is 1. The van der Waals surface area contributed by atoms with Gasteiger partial charge >= 0.3 is 0 Å². The Morgan fingerprint density at radius 1 is 1.29 bits per heavy atom. The maximum Gasteiger partial charge on any atom is 0.0300 e. The number of benzene rings is 1. The zero-order valence-electron chi connectivity index (χ0n) is 12.5. The lowest BCUT2D eigenvalue weighted by molar-refractivity contribution is 0.490. The molecule has 2 heterocycles. The molecular formula is C18H22N2S. The van der Waals surface area contributed by atoms with E-state index in [0.29, 0.717) is 11.3 Å². The summed E-state index contributed by atoms with van der Waals surface area (Å²) in [4.78, 5) is 5.71. The third kappa shape index (κ3) is 3.66. The van der Waals surface area contributed by atoms with E-state index in [1.807, 2.05) is 30.2 Å². The molecule has 2 aromatic rings. The molecule has 0 aliphatic carbocycles. The average Bonchev–Trinajstić information content (AvgIpc) is 2.96. The van der Waals surface area contributed by atoms with Gasteiger partial charge in [0.05, 0.1) is 0 Å². The van der Waals surface area contributed by atoms with Gasteiger partial charge in [0.1, 0.15) is 0 Å². The number of fused-ring (bicyclic) bond motifs is 1. The largest absolute Gasteiger partial charge is 0.313 e. The van der Waals surface area contributed by atoms with E-state index in [1.165, 1.54) is 28.9 Å². The Bertz CT molecular complexity index is 545. The van der Waals surface area contributed by atoms with Crippen molar-refractivity contribution in [3.05, 3.63) is 59.9 Å². The molecule has 110 valence electrons. The van der Waals surface area contributed by atoms with Crippen LogP contribution in [0.2, 0.25) is 0 Å². The Labute approximate surface area is 131 Å². The number of aromatic nitrogens is 1. The standard InChI is InChI=1S/C18H22N2S/c1-2-9-20-16(11-14-6-5-10-19-13-14)18-12-15-7-3-4-8-17(15)21-18/h3-8,10,13,16,18,20H,2,9,11-12H2,1H3. The van der Waals surface area contributed by atoms with Gasteiger partial charge < -0.3 is 5.32 Å². The topological polar surface area (TPSA) is 24.9 Å². The lowest BCUT2D eigenvalue weighted by Gasteiger charge is -2.24. The van der Waals surface area contributed by atoms with Crippen molar-refractivity contribution < 1.29 is 0 Å². The van der Waals surface area contributed by atoms with Crippen molar-refractivity contribution in [3.8, 4) is 0 Å². The molecule has 0 saturated heterocycles. The van der Waals surface area contributed by atoms with Crippen LogP contribution in [0.3, 0.4) is 0 Å². The molecule has 0 bridgehead atoms. The Hall–Kier alpha value is -1.32. The fraction of sp³-hybridized carbons (Fsp3) is 0.389. The monoisotopic (exact) mass is 298 g/mol. The zero-order chi connectivity index (χ0) is 14.5. The van der Waals surface area contributed by atoms with Crippen molar-refractivity contribution in [2.24, 2.45) is 0 Å². The van der Waals surface area contributed by atoms with Crippen molar-refractivity contribution in [1.82, 2.24) is 10.3 Å². The van der Waals surface area contributed by atoms with E-state index in [2.05, 4.69) is 47.6 Å². The summed E-state index contributed by atoms with van der Waals surface area (Å²) in [5, 5.41) is 4.37. The number of thioether (sulfide) groups is 1. The fourth-order valence-corrected chi connectivity index (χ4v) is 4.28. The van der Waals surface area contributed by atoms with Gasteiger partial charge in [0.15, 0.2) is 0 Å². The molecule has 1 aromatic carbocycles. The number of nitrogens with one attached hydrogen (secondary N) is 1. The summed E-state index contributed by atoms with van der Waals surface area (Å²) in [7, 11) is 0. The van der Waals surface area contributed by atoms with Crippen LogP contribution in [0.4, 0.5) is 0 Å². The molecule has 0 radical (unpaired) electrons. The highest BCUT2D eigenvalue weighted by Crippen LogP contribution is 2.38. The lowest BCUT2D eigenvalue weighted by Crippen LogP contribution is -2.40. The van der Waals surface area contributed by atoms with Gasteiger partial charge in [-0.05, 0) is 49.1 Å². The molecule has 2 unspecified atom stereocenters. The van der Waals surface area contributed by atoms with E-state index in [9.17, 15) is 0 Å². The molecule has 1 N–H and O–H groups in total. The first-order chi connectivity index (χ1) is 10.4. The second kappa shape index (κ2) is 7.10. The maximum absolute atomic E-state index is 4.25. The Morgan fingerprint density at radius 3 is 2.95 bits per heavy atom. The van der Waals surface area contributed by atoms with Gasteiger partial charge in [-0.25, -0.2) is 0 Å². The average molecular weight is 298 g/mol. The van der Waals surface area contributed by atoms with Gasteiger partial charge in [-0.1, -0.05) is 31.2 Å². The summed E-state index contributed by atoms with van der Waals surface area (Å²) in [6.45, 7) is 3.31. The molecule has 2 atom stereocenters. The summed E-state index contributed by atoms with van der Waals surface area (Å²) in [5.74, 6) is 0. The van der Waals surface area contributed by atoms with Gasteiger partial charge in [0.25, 0.3) is 0 Å². The number of hydrogen-bond acceptors (Lipinski definition) is 3. The van der Waals surface area contributed by atoms with Crippen LogP contribution in [0, 0.1) is 0 Å². The summed E-state index contributed by atoms with van der Waals surface area (Å²) in [6, 6.07) is 13.5. The molecule has 21 heavy (non-hydrogen) atoms. The van der Waals surface area contributed by atoms with Crippen LogP contribution in [-0.2, 0) is 12.8 Å². The second-order valence-corrected chi connectivity index (χ2v) is 6.88. The molecule has 0 saturated carbocycles. The minimum absolute atomic E-state index is 0.506. The van der Waals surface area contributed by atoms with Crippen LogP contribution in [0.25, 0.3) is 0 Å². The third-order valence-electron chi connectivity index (χ3n) is 3.96. The van der Waals surface area contributed by atoms with Crippen molar-refractivity contribution in [2.75, 3.05) is 6.54 Å². The third-order valence-corrected chi connectivity index (χ3v) is 5.41. The minimum atomic E-state index is 0.506. The molecule has 1 aliphatic rings. The maximum atomic E-state index is 4.25. The zero-order valence-corrected chi connectivity index (χ0v) is 13.3. The van der Waals surface area contributed by atoms with E-state index in [0.717, 1.165) is 13.0 Å². The first kappa shape index (κ1) is 14.6. The van der Waals surface area contributed by atoms with Crippen molar-refractivity contribution in [1.29, 1.82) is 0 Å². The van der Waals surface area contributed by atoms with Crippen LogP contribution < -0.4 is 5.32 Å². The molecule has 2 nitrogen and oxygen atoms in total. The molecule has 0 amide bonds. The quantitative estimate of drug-likeness (QED) is 0.880. The summed E-state index contributed by atoms with van der Waals surface area (Å²) in [6.07, 6.45) is 7.24. The van der Waals surface area contributed by atoms with Crippen molar-refractivity contribution in [2.45, 2.75) is 42.4 Å². The highest BCUT2D eigenvalue weighted by atomic mass is 32.2. The molecule has 3 rings (SSSR count). The summed E-state index contributed by atoms with van der Waals surface area (Å²) >= 11 is 2.03. The second-order valence-electron chi connectivity index (χ2n) is 5.59. The van der Waals surface area contributed by atoms with E-state index in [-0.39, 0.29) is 0 Å². The van der Waals surface area contributed by atoms with E-state index < -0.39 is 0 Å². The van der Waals surface area contributed by atoms with Gasteiger partial charge in [-0.15, -0.1) is 11.8 Å². The SMILES string of the molecule is CCCNC(Cc1cccnc1)C1Cc2ccccc2S1. The predicted octanol–water partition coefficient (Wildman–Crippen LogP) is 3.71. The first-order valence-corrected chi connectivity index (χ1v) is 8.61. The van der Waals surface area contributed by atoms with Crippen LogP contribution >= 0.6 is 11.8 Å². The van der Waals surface area contributed by atoms with Crippen molar-refractivity contribution >= 4 is 11.8 Å². The number of rotatable bonds is 6. The Morgan fingerprint density at radius 2 is 2.19 bits per heavy atom. The molecule has 1 aliphatic heterocycles. The molecular weight excluding hydrogens is 276 g/mol. The van der Waals surface area contributed by atoms with Gasteiger partial charge in [-0.2, -0.15) is 0 Å². The van der Waals surface area contributed by atoms with E-state index >= 15 is 0 Å². The molecule has 3 heteroatoms. The fourth-order valence-electron chi connectivity index (χ4n) is 2.87. The van der Waals surface area contributed by atoms with Crippen molar-refractivity contribution in [3.63, 3.8) is 0 Å². The first-order valence-electron chi connectivity index (χ1n) is 7.73. The lowest BCUT2D eigenvalue weighted by atomic mass is 9.99. The number of nitrogens with zero attached hydrogens (tertiary/aromatic N) is 1. The molecule has 0 fully saturated rings. The normalized spacial score (nSPS) is 18.4. The minimum Gasteiger partial charge on any atom is -0.313 e. The van der Waals surface area contributed by atoms with Gasteiger partial charge in [0.2, 0.25) is 0 Å². The highest BCUT2D eigenvalue weighted by molar-refractivity contribution is 8.00. The van der Waals surface area contributed by atoms with E-state index in [4.69, 9.17) is 0 Å². The van der Waals surface area contributed by atoms with Crippen LogP contribution in [0.15, 0.2) is 53.7 Å². The van der Waals surface area contributed by atoms with Gasteiger partial charge in [0, 0.05) is 28.6 Å². The predicted molar refractivity (Wildman–Crippen MR) is 89.8 cm³/mol. The van der Waals surface area contributed by atoms with Crippen LogP contribution in [0.5, 0.6) is 0 Å². The summed E-state index contributed by atoms with van der Waals surface area (Å²) in [5.41, 5.74) is 2.82. The number of pyridine rings is 1. The molecule has 0 spiro atoms. The Balaban J connectivity index is 1.71. The Kier molecular flexibility index (Phi) is 4.94. The summed E-state index contributed by atoms with van der Waals surface area (Å²) < 4.78 is 0. The van der Waals surface area contributed by atoms with Crippen LogP contribution in [-0.4, -0.2) is 22.8 Å². The van der Waals surface area contributed by atoms with Gasteiger partial charge in [-0.3, -0.25) is 4.98 Å². The smallest absolute Gasteiger partial charge is 0.0300 e. The molecule has 1 aromatic heterocycles. The highest BCUT2D eigenvalue weighted by Gasteiger charge is 2.29.